The van der Waals surface area contributed by atoms with Crippen LogP contribution in [0.15, 0.2) is 0 Å². The molecule has 24 nitrogen and oxygen atoms in total. The van der Waals surface area contributed by atoms with Crippen molar-refractivity contribution in [2.24, 2.45) is 0 Å². The van der Waals surface area contributed by atoms with E-state index in [9.17, 15) is 68.0 Å². The van der Waals surface area contributed by atoms with Crippen molar-refractivity contribution in [1.29, 1.82) is 0 Å². The van der Waals surface area contributed by atoms with Gasteiger partial charge in [0.15, 0.2) is 30.3 Å². The van der Waals surface area contributed by atoms with Gasteiger partial charge in [0.05, 0.1) is 19.3 Å². The van der Waals surface area contributed by atoms with Crippen LogP contribution >= 0.6 is 15.6 Å². The lowest BCUT2D eigenvalue weighted by molar-refractivity contribution is -0.319. The summed E-state index contributed by atoms with van der Waals surface area (Å²) in [6.07, 6.45) is 23.9. The minimum Gasteiger partial charge on any atom is -0.457 e. The van der Waals surface area contributed by atoms with E-state index in [1.807, 2.05) is 0 Å². The number of hydrogen-bond acceptors (Lipinski definition) is 17. The van der Waals surface area contributed by atoms with Crippen molar-refractivity contribution >= 4 is 45.3 Å². The summed E-state index contributed by atoms with van der Waals surface area (Å²) in [4.78, 5) is 110. The van der Waals surface area contributed by atoms with Crippen molar-refractivity contribution in [2.75, 3.05) is 19.8 Å². The predicted octanol–water partition coefficient (Wildman–Crippen LogP) is 13.1. The number of phosphoric ester groups is 2. The second kappa shape index (κ2) is 54.1. The summed E-state index contributed by atoms with van der Waals surface area (Å²) in [5.41, 5.74) is -2.68. The van der Waals surface area contributed by atoms with Crippen LogP contribution in [-0.2, 0) is 65.8 Å². The van der Waals surface area contributed by atoms with Crippen LogP contribution in [0.5, 0.6) is 0 Å². The zero-order chi connectivity index (χ0) is 70.9. The Hall–Kier alpha value is -2.67. The van der Waals surface area contributed by atoms with Gasteiger partial charge in [-0.1, -0.05) is 272 Å². The molecule has 26 heteroatoms. The van der Waals surface area contributed by atoms with Crippen LogP contribution in [0.4, 0.5) is 0 Å². The molecule has 0 aromatic rings. The first-order valence-corrected chi connectivity index (χ1v) is 40.8. The maximum Gasteiger partial charge on any atom is 0.470 e. The number of hydrogen-bond donors (Lipinski definition) is 10. The molecule has 2 heterocycles. The molecular weight excluding hydrogens is 1280 g/mol. The number of nitrogens with one attached hydrogen (secondary N) is 3. The molecule has 2 fully saturated rings. The summed E-state index contributed by atoms with van der Waals surface area (Å²) >= 11 is 0. The molecule has 0 aliphatic carbocycles. The Kier molecular flexibility index (Phi) is 50.4. The summed E-state index contributed by atoms with van der Waals surface area (Å²) in [6, 6.07) is -1.64. The van der Waals surface area contributed by atoms with Gasteiger partial charge in [0.1, 0.15) is 37.0 Å². The van der Waals surface area contributed by atoms with Crippen LogP contribution in [0.25, 0.3) is 0 Å². The highest BCUT2D eigenvalue weighted by Gasteiger charge is 2.63. The Bertz CT molecular complexity index is 2140. The van der Waals surface area contributed by atoms with Gasteiger partial charge < -0.3 is 74.5 Å². The Morgan fingerprint density at radius 1 is 0.469 bits per heavy atom. The molecule has 0 aromatic heterocycles. The quantitative estimate of drug-likeness (QED) is 0.0154. The van der Waals surface area contributed by atoms with Gasteiger partial charge in [0.25, 0.3) is 0 Å². The number of esters is 2. The molecule has 0 spiro atoms. The highest BCUT2D eigenvalue weighted by molar-refractivity contribution is 7.46. The molecule has 0 saturated carbocycles. The minimum atomic E-state index is -5.52. The molecule has 0 radical (unpaired) electrons. The average molecular weight is 1410 g/mol. The molecule has 2 aliphatic heterocycles. The summed E-state index contributed by atoms with van der Waals surface area (Å²) in [5, 5.41) is 43.4. The monoisotopic (exact) mass is 1410 g/mol. The fourth-order valence-electron chi connectivity index (χ4n) is 12.8. The highest BCUT2D eigenvalue weighted by atomic mass is 31.2. The van der Waals surface area contributed by atoms with Crippen molar-refractivity contribution in [1.82, 2.24) is 16.0 Å². The van der Waals surface area contributed by atoms with E-state index in [4.69, 9.17) is 32.7 Å². The van der Waals surface area contributed by atoms with Crippen LogP contribution in [-0.4, -0.2) is 151 Å². The standard InChI is InChI=1S/C70H133N3O21P2/c1-6-10-14-18-22-26-29-33-37-41-45-49-59(76)72-63-66(91-61(78)51-47-43-39-35-31-28-24-20-16-12-8-3)65(94-96(85,86)87)56(53-74)89-68(63)88-54-57-64(80)67(92-62(79)52-71-58(75)48-44-40-36-32-25-21-17-13-9-4)70(69(81)90-57,55(5)93-95(82,83)84)73-60(77)50-46-42-38-34-30-27-23-19-15-11-7-2/h55-57,63-69,74,80-81H,6-54H2,1-5H3,(H,71,75)(H,72,76)(H,73,77)(H2,82,83,84)(H2,85,86,87)/t55?,56-,57-,63-,64-,65-,66-,67+,68-,69+,70-/m1/s1. The van der Waals surface area contributed by atoms with Gasteiger partial charge in [-0.15, -0.1) is 0 Å². The zero-order valence-corrected chi connectivity index (χ0v) is 61.5. The number of aliphatic hydroxyl groups is 3. The third-order valence-electron chi connectivity index (χ3n) is 18.5. The van der Waals surface area contributed by atoms with Gasteiger partial charge in [-0.25, -0.2) is 9.13 Å². The summed E-state index contributed by atoms with van der Waals surface area (Å²) in [5.74, 6) is -3.89. The van der Waals surface area contributed by atoms with E-state index in [0.29, 0.717) is 44.9 Å². The second-order valence-electron chi connectivity index (χ2n) is 27.0. The number of rotatable bonds is 61. The van der Waals surface area contributed by atoms with Crippen LogP contribution < -0.4 is 16.0 Å². The molecular formula is C70H133N3O21P2. The van der Waals surface area contributed by atoms with Gasteiger partial charge in [-0.3, -0.25) is 33.0 Å². The molecule has 96 heavy (non-hydrogen) atoms. The average Bonchev–Trinajstić information content (AvgIpc) is 0.742. The number of aliphatic hydroxyl groups excluding tert-OH is 3. The van der Waals surface area contributed by atoms with Gasteiger partial charge in [-0.05, 0) is 32.6 Å². The Morgan fingerprint density at radius 2 is 0.854 bits per heavy atom. The molecule has 0 bridgehead atoms. The summed E-state index contributed by atoms with van der Waals surface area (Å²) in [7, 11) is -11.0. The van der Waals surface area contributed by atoms with E-state index in [2.05, 4.69) is 43.6 Å². The van der Waals surface area contributed by atoms with Crippen molar-refractivity contribution in [3.05, 3.63) is 0 Å². The van der Waals surface area contributed by atoms with E-state index in [1.165, 1.54) is 83.5 Å². The van der Waals surface area contributed by atoms with E-state index in [1.54, 1.807) is 0 Å². The Morgan fingerprint density at radius 3 is 1.25 bits per heavy atom. The molecule has 3 amide bonds. The fraction of sp³-hybridized carbons (Fsp3) is 0.929. The number of amides is 3. The lowest BCUT2D eigenvalue weighted by atomic mass is 9.78. The summed E-state index contributed by atoms with van der Waals surface area (Å²) in [6.45, 7) is 7.10. The molecule has 0 aromatic carbocycles. The number of ether oxygens (including phenoxy) is 5. The maximum absolute atomic E-state index is 14.1. The van der Waals surface area contributed by atoms with Crippen molar-refractivity contribution in [3.8, 4) is 0 Å². The smallest absolute Gasteiger partial charge is 0.457 e. The van der Waals surface area contributed by atoms with E-state index >= 15 is 0 Å². The molecule has 564 valence electrons. The van der Waals surface area contributed by atoms with Crippen molar-refractivity contribution in [3.63, 3.8) is 0 Å². The predicted molar refractivity (Wildman–Crippen MR) is 369 cm³/mol. The first-order chi connectivity index (χ1) is 46.1. The highest BCUT2D eigenvalue weighted by Crippen LogP contribution is 2.46. The number of unbranched alkanes of at least 4 members (excludes halogenated alkanes) is 38. The lowest BCUT2D eigenvalue weighted by Gasteiger charge is -2.53. The van der Waals surface area contributed by atoms with E-state index in [0.717, 1.165) is 148 Å². The number of phosphoric acid groups is 2. The van der Waals surface area contributed by atoms with Crippen LogP contribution in [0.1, 0.15) is 330 Å². The van der Waals surface area contributed by atoms with Crippen molar-refractivity contribution < 1.29 is 101 Å². The maximum atomic E-state index is 14.1. The fourth-order valence-corrected chi connectivity index (χ4v) is 14.0. The van der Waals surface area contributed by atoms with Gasteiger partial charge in [0.2, 0.25) is 17.7 Å². The molecule has 11 atom stereocenters. The van der Waals surface area contributed by atoms with E-state index in [-0.39, 0.29) is 25.7 Å². The normalized spacial score (nSPS) is 22.6. The van der Waals surface area contributed by atoms with Crippen molar-refractivity contribution in [2.45, 2.75) is 397 Å². The third-order valence-corrected chi connectivity index (χ3v) is 19.6. The van der Waals surface area contributed by atoms with Crippen LogP contribution in [0.3, 0.4) is 0 Å². The van der Waals surface area contributed by atoms with E-state index < -0.39 is 132 Å². The molecule has 2 rings (SSSR count). The number of carbonyl (C=O) groups excluding carboxylic acids is 5. The van der Waals surface area contributed by atoms with Crippen LogP contribution in [0, 0.1) is 0 Å². The van der Waals surface area contributed by atoms with Gasteiger partial charge in [0, 0.05) is 25.7 Å². The molecule has 10 N–H and O–H groups in total. The molecule has 2 saturated heterocycles. The lowest BCUT2D eigenvalue weighted by Crippen LogP contribution is -2.78. The SMILES string of the molecule is CCCCCCCCCCCCCC(=O)N[C@H]1[C@H](OC[C@H]2O[C@H](O)[C@@](NC(=O)CCCCCCCCCCCCC)(C(C)OP(=O)(O)O)[C@@H](OC(=O)CNC(=O)CCCCCCCCCCC)[C@@H]2O)O[C@H](CO)[C@@H](OP(=O)(O)O)[C@@H]1OC(=O)CCCCCCCCCCCCC. The first kappa shape index (κ1) is 89.4. The zero-order valence-electron chi connectivity index (χ0n) is 59.7. The minimum absolute atomic E-state index is 0.0432. The Labute approximate surface area is 576 Å². The number of carbonyl (C=O) groups is 5. The van der Waals surface area contributed by atoms with Crippen LogP contribution in [0.2, 0.25) is 0 Å². The second-order valence-corrected chi connectivity index (χ2v) is 29.4. The van der Waals surface area contributed by atoms with Gasteiger partial charge >= 0.3 is 27.6 Å². The molecule has 1 unspecified atom stereocenters. The van der Waals surface area contributed by atoms with Gasteiger partial charge in [-0.2, -0.15) is 0 Å². The first-order valence-electron chi connectivity index (χ1n) is 37.7. The molecule has 2 aliphatic rings. The third kappa shape index (κ3) is 40.1. The Balaban J connectivity index is 2.55. The summed E-state index contributed by atoms with van der Waals surface area (Å²) < 4.78 is 65.9. The topological polar surface area (TPSA) is 362 Å². The largest absolute Gasteiger partial charge is 0.470 e.